The van der Waals surface area contributed by atoms with Crippen molar-refractivity contribution in [2.45, 2.75) is 31.1 Å². The van der Waals surface area contributed by atoms with Crippen molar-refractivity contribution >= 4 is 0 Å². The number of likely N-dealkylation sites (N-methyl/N-ethyl adjacent to an activating group) is 1. The zero-order valence-corrected chi connectivity index (χ0v) is 8.78. The quantitative estimate of drug-likeness (QED) is 0.640. The molecule has 0 amide bonds. The fourth-order valence-electron chi connectivity index (χ4n) is 2.04. The molecule has 82 valence electrons. The van der Waals surface area contributed by atoms with Gasteiger partial charge in [0.1, 0.15) is 0 Å². The molecule has 1 saturated heterocycles. The van der Waals surface area contributed by atoms with Gasteiger partial charge >= 0.3 is 0 Å². The fourth-order valence-corrected chi connectivity index (χ4v) is 2.04. The largest absolute Gasteiger partial charge is 0.393 e. The minimum absolute atomic E-state index is 0.0672. The number of rotatable bonds is 3. The molecule has 2 aliphatic rings. The molecule has 4 heteroatoms. The van der Waals surface area contributed by atoms with Gasteiger partial charge in [-0.1, -0.05) is 0 Å². The van der Waals surface area contributed by atoms with Crippen LogP contribution in [0.4, 0.5) is 0 Å². The normalized spacial score (nSPS) is 39.4. The molecule has 0 aromatic rings. The lowest BCUT2D eigenvalue weighted by molar-refractivity contribution is -0.0244. The molecule has 2 rings (SSSR count). The average Bonchev–Trinajstić information content (AvgIpc) is 2.11. The van der Waals surface area contributed by atoms with Gasteiger partial charge in [0.15, 0.2) is 0 Å². The van der Waals surface area contributed by atoms with Crippen LogP contribution in [-0.2, 0) is 4.74 Å². The van der Waals surface area contributed by atoms with E-state index in [2.05, 4.69) is 17.3 Å². The zero-order valence-electron chi connectivity index (χ0n) is 8.78. The Morgan fingerprint density at radius 1 is 1.50 bits per heavy atom. The summed E-state index contributed by atoms with van der Waals surface area (Å²) in [5.74, 6) is 0. The van der Waals surface area contributed by atoms with Gasteiger partial charge in [0.2, 0.25) is 0 Å². The maximum atomic E-state index is 9.12. The minimum atomic E-state index is -0.0672. The SMILES string of the molecule is CN1CCOC(CNC2CC(O)C2)C1. The molecule has 0 spiro atoms. The summed E-state index contributed by atoms with van der Waals surface area (Å²) in [6.07, 6.45) is 2.07. The molecule has 0 aromatic carbocycles. The van der Waals surface area contributed by atoms with Crippen LogP contribution in [0.3, 0.4) is 0 Å². The first kappa shape index (κ1) is 10.4. The van der Waals surface area contributed by atoms with Crippen molar-refractivity contribution in [3.05, 3.63) is 0 Å². The predicted molar refractivity (Wildman–Crippen MR) is 54.3 cm³/mol. The van der Waals surface area contributed by atoms with Gasteiger partial charge in [-0.3, -0.25) is 0 Å². The number of aliphatic hydroxyl groups excluding tert-OH is 1. The third kappa shape index (κ3) is 2.67. The number of hydrogen-bond donors (Lipinski definition) is 2. The van der Waals surface area contributed by atoms with E-state index < -0.39 is 0 Å². The minimum Gasteiger partial charge on any atom is -0.393 e. The Labute approximate surface area is 85.2 Å². The second-order valence-corrected chi connectivity index (χ2v) is 4.49. The Hall–Kier alpha value is -0.160. The van der Waals surface area contributed by atoms with E-state index in [0.717, 1.165) is 39.1 Å². The molecule has 0 radical (unpaired) electrons. The van der Waals surface area contributed by atoms with E-state index in [1.807, 2.05) is 0 Å². The number of nitrogens with zero attached hydrogens (tertiary/aromatic N) is 1. The summed E-state index contributed by atoms with van der Waals surface area (Å²) in [7, 11) is 2.13. The van der Waals surface area contributed by atoms with E-state index in [4.69, 9.17) is 9.84 Å². The molecule has 1 saturated carbocycles. The van der Waals surface area contributed by atoms with Gasteiger partial charge in [-0.05, 0) is 19.9 Å². The van der Waals surface area contributed by atoms with Gasteiger partial charge in [0.25, 0.3) is 0 Å². The maximum absolute atomic E-state index is 9.12. The van der Waals surface area contributed by atoms with Crippen molar-refractivity contribution in [2.24, 2.45) is 0 Å². The Morgan fingerprint density at radius 3 is 2.93 bits per heavy atom. The molecular weight excluding hydrogens is 180 g/mol. The number of hydrogen-bond acceptors (Lipinski definition) is 4. The second kappa shape index (κ2) is 4.57. The summed E-state index contributed by atoms with van der Waals surface area (Å²) in [6.45, 7) is 3.82. The van der Waals surface area contributed by atoms with Crippen molar-refractivity contribution in [1.82, 2.24) is 10.2 Å². The van der Waals surface area contributed by atoms with Gasteiger partial charge < -0.3 is 20.1 Å². The number of aliphatic hydroxyl groups is 1. The van der Waals surface area contributed by atoms with Crippen LogP contribution in [0, 0.1) is 0 Å². The smallest absolute Gasteiger partial charge is 0.0826 e. The summed E-state index contributed by atoms with van der Waals surface area (Å²) in [5.41, 5.74) is 0. The standard InChI is InChI=1S/C10H20N2O2/c1-12-2-3-14-10(7-12)6-11-8-4-9(13)5-8/h8-11,13H,2-7H2,1H3. The number of ether oxygens (including phenoxy) is 1. The van der Waals surface area contributed by atoms with E-state index in [1.165, 1.54) is 0 Å². The third-order valence-electron chi connectivity index (χ3n) is 3.09. The highest BCUT2D eigenvalue weighted by Crippen LogP contribution is 2.19. The average molecular weight is 200 g/mol. The molecule has 1 heterocycles. The molecule has 1 atom stereocenters. The lowest BCUT2D eigenvalue weighted by Gasteiger charge is -2.35. The van der Waals surface area contributed by atoms with Gasteiger partial charge in [-0.25, -0.2) is 0 Å². The number of morpholine rings is 1. The summed E-state index contributed by atoms with van der Waals surface area (Å²) in [6, 6.07) is 0.515. The zero-order chi connectivity index (χ0) is 9.97. The van der Waals surface area contributed by atoms with Gasteiger partial charge in [0.05, 0.1) is 18.8 Å². The molecule has 1 unspecified atom stereocenters. The van der Waals surface area contributed by atoms with Crippen molar-refractivity contribution in [3.63, 3.8) is 0 Å². The first-order valence-electron chi connectivity index (χ1n) is 5.45. The molecule has 2 fully saturated rings. The fraction of sp³-hybridized carbons (Fsp3) is 1.00. The van der Waals surface area contributed by atoms with Crippen LogP contribution < -0.4 is 5.32 Å². The van der Waals surface area contributed by atoms with Crippen LogP contribution in [0.2, 0.25) is 0 Å². The van der Waals surface area contributed by atoms with E-state index in [9.17, 15) is 0 Å². The van der Waals surface area contributed by atoms with Gasteiger partial charge in [-0.15, -0.1) is 0 Å². The monoisotopic (exact) mass is 200 g/mol. The molecular formula is C10H20N2O2. The maximum Gasteiger partial charge on any atom is 0.0826 e. The highest BCUT2D eigenvalue weighted by Gasteiger charge is 2.27. The third-order valence-corrected chi connectivity index (χ3v) is 3.09. The van der Waals surface area contributed by atoms with Crippen LogP contribution in [0.1, 0.15) is 12.8 Å². The molecule has 1 aliphatic heterocycles. The van der Waals surface area contributed by atoms with Crippen molar-refractivity contribution in [2.75, 3.05) is 33.3 Å². The first-order chi connectivity index (χ1) is 6.74. The Bertz CT molecular complexity index is 183. The van der Waals surface area contributed by atoms with E-state index in [-0.39, 0.29) is 6.10 Å². The first-order valence-corrected chi connectivity index (χ1v) is 5.45. The predicted octanol–water partition coefficient (Wildman–Crippen LogP) is -0.570. The molecule has 14 heavy (non-hydrogen) atoms. The topological polar surface area (TPSA) is 44.7 Å². The van der Waals surface area contributed by atoms with Crippen LogP contribution >= 0.6 is 0 Å². The lowest BCUT2D eigenvalue weighted by Crippen LogP contribution is -2.50. The molecule has 4 nitrogen and oxygen atoms in total. The van der Waals surface area contributed by atoms with Gasteiger partial charge in [-0.2, -0.15) is 0 Å². The lowest BCUT2D eigenvalue weighted by atomic mass is 9.89. The van der Waals surface area contributed by atoms with E-state index in [0.29, 0.717) is 12.1 Å². The Kier molecular flexibility index (Phi) is 3.38. The highest BCUT2D eigenvalue weighted by molar-refractivity contribution is 4.85. The van der Waals surface area contributed by atoms with Crippen LogP contribution in [0.25, 0.3) is 0 Å². The van der Waals surface area contributed by atoms with E-state index in [1.54, 1.807) is 0 Å². The van der Waals surface area contributed by atoms with Crippen LogP contribution in [0.15, 0.2) is 0 Å². The summed E-state index contributed by atoms with van der Waals surface area (Å²) >= 11 is 0. The van der Waals surface area contributed by atoms with Crippen molar-refractivity contribution in [3.8, 4) is 0 Å². The van der Waals surface area contributed by atoms with Gasteiger partial charge in [0, 0.05) is 25.7 Å². The summed E-state index contributed by atoms with van der Waals surface area (Å²) in [5, 5.41) is 12.5. The molecule has 0 bridgehead atoms. The molecule has 1 aliphatic carbocycles. The number of nitrogens with one attached hydrogen (secondary N) is 1. The van der Waals surface area contributed by atoms with Crippen molar-refractivity contribution < 1.29 is 9.84 Å². The highest BCUT2D eigenvalue weighted by atomic mass is 16.5. The van der Waals surface area contributed by atoms with Crippen LogP contribution in [-0.4, -0.2) is 61.5 Å². The Morgan fingerprint density at radius 2 is 2.29 bits per heavy atom. The van der Waals surface area contributed by atoms with Crippen LogP contribution in [0.5, 0.6) is 0 Å². The molecule has 0 aromatic heterocycles. The van der Waals surface area contributed by atoms with E-state index >= 15 is 0 Å². The van der Waals surface area contributed by atoms with Crippen molar-refractivity contribution in [1.29, 1.82) is 0 Å². The molecule has 2 N–H and O–H groups in total. The summed E-state index contributed by atoms with van der Waals surface area (Å²) < 4.78 is 5.63. The second-order valence-electron chi connectivity index (χ2n) is 4.49. The summed E-state index contributed by atoms with van der Waals surface area (Å²) in [4.78, 5) is 2.30. The Balaban J connectivity index is 1.60.